The van der Waals surface area contributed by atoms with Crippen molar-refractivity contribution >= 4 is 11.4 Å². The van der Waals surface area contributed by atoms with Crippen LogP contribution in [0.15, 0.2) is 10.2 Å². The fraction of sp³-hybridized carbons (Fsp3) is 0.667. The van der Waals surface area contributed by atoms with Gasteiger partial charge in [-0.25, -0.2) is 0 Å². The molecule has 0 N–H and O–H groups in total. The zero-order valence-corrected chi connectivity index (χ0v) is 7.16. The maximum absolute atomic E-state index is 11.7. The van der Waals surface area contributed by atoms with Crippen molar-refractivity contribution in [3.8, 4) is 0 Å². The molecule has 0 aromatic carbocycles. The molecule has 14 heavy (non-hydrogen) atoms. The molecule has 8 heteroatoms. The van der Waals surface area contributed by atoms with Gasteiger partial charge in [0.25, 0.3) is 0 Å². The van der Waals surface area contributed by atoms with E-state index >= 15 is 0 Å². The van der Waals surface area contributed by atoms with Crippen LogP contribution in [-0.2, 0) is 0 Å². The average Bonchev–Trinajstić information content (AvgIpc) is 1.95. The molecule has 0 aromatic rings. The third-order valence-corrected chi connectivity index (χ3v) is 1.17. The molecule has 0 aliphatic heterocycles. The summed E-state index contributed by atoms with van der Waals surface area (Å²) in [5, 5.41) is 4.84. The molecule has 0 unspecified atom stereocenters. The summed E-state index contributed by atoms with van der Waals surface area (Å²) in [7, 11) is 0. The van der Waals surface area contributed by atoms with Crippen molar-refractivity contribution in [1.82, 2.24) is 0 Å². The molecule has 0 fully saturated rings. The van der Waals surface area contributed by atoms with Crippen molar-refractivity contribution in [2.45, 2.75) is 26.2 Å². The number of hydrogen-bond acceptors (Lipinski definition) is 2. The van der Waals surface area contributed by atoms with Crippen LogP contribution >= 0.6 is 0 Å². The highest BCUT2D eigenvalue weighted by atomic mass is 19.4. The van der Waals surface area contributed by atoms with E-state index in [0.29, 0.717) is 13.8 Å². The normalized spacial score (nSPS) is 16.0. The van der Waals surface area contributed by atoms with Crippen LogP contribution in [-0.4, -0.2) is 23.8 Å². The van der Waals surface area contributed by atoms with Crippen molar-refractivity contribution in [2.24, 2.45) is 10.2 Å². The van der Waals surface area contributed by atoms with Crippen molar-refractivity contribution < 1.29 is 26.3 Å². The van der Waals surface area contributed by atoms with E-state index in [4.69, 9.17) is 0 Å². The Bertz CT molecular complexity index is 230. The average molecular weight is 220 g/mol. The lowest BCUT2D eigenvalue weighted by atomic mass is 10.4. The van der Waals surface area contributed by atoms with Crippen LogP contribution in [0.5, 0.6) is 0 Å². The second kappa shape index (κ2) is 3.97. The van der Waals surface area contributed by atoms with Crippen molar-refractivity contribution in [3.05, 3.63) is 0 Å². The van der Waals surface area contributed by atoms with E-state index in [0.717, 1.165) is 0 Å². The molecule has 0 amide bonds. The summed E-state index contributed by atoms with van der Waals surface area (Å²) in [6.45, 7) is 1.07. The Labute approximate surface area is 75.3 Å². The summed E-state index contributed by atoms with van der Waals surface area (Å²) in [4.78, 5) is 0. The molecule has 0 atom stereocenters. The van der Waals surface area contributed by atoms with Crippen LogP contribution in [0.2, 0.25) is 0 Å². The van der Waals surface area contributed by atoms with Gasteiger partial charge in [-0.3, -0.25) is 0 Å². The molecule has 0 spiro atoms. The first-order chi connectivity index (χ1) is 6.05. The molecular formula is C6H6F6N2. The predicted octanol–water partition coefficient (Wildman–Crippen LogP) is 2.95. The first kappa shape index (κ1) is 12.9. The minimum absolute atomic E-state index is 0.535. The van der Waals surface area contributed by atoms with Gasteiger partial charge >= 0.3 is 12.4 Å². The summed E-state index contributed by atoms with van der Waals surface area (Å²) in [6.07, 6.45) is -9.51. The van der Waals surface area contributed by atoms with Crippen molar-refractivity contribution in [2.75, 3.05) is 0 Å². The van der Waals surface area contributed by atoms with Gasteiger partial charge in [-0.1, -0.05) is 0 Å². The van der Waals surface area contributed by atoms with E-state index in [1.165, 1.54) is 0 Å². The van der Waals surface area contributed by atoms with E-state index in [1.54, 1.807) is 0 Å². The quantitative estimate of drug-likeness (QED) is 0.368. The summed E-state index contributed by atoms with van der Waals surface area (Å²) < 4.78 is 70.3. The fourth-order valence-corrected chi connectivity index (χ4v) is 0.263. The van der Waals surface area contributed by atoms with E-state index in [1.807, 2.05) is 0 Å². The maximum Gasteiger partial charge on any atom is 0.431 e. The molecule has 0 aromatic heterocycles. The summed E-state index contributed by atoms with van der Waals surface area (Å²) in [5.74, 6) is 0. The van der Waals surface area contributed by atoms with Gasteiger partial charge in [0, 0.05) is 0 Å². The number of nitrogens with zero attached hydrogens (tertiary/aromatic N) is 2. The third-order valence-electron chi connectivity index (χ3n) is 1.17. The highest BCUT2D eigenvalue weighted by Crippen LogP contribution is 2.19. The molecule has 0 aliphatic carbocycles. The van der Waals surface area contributed by atoms with Gasteiger partial charge in [-0.15, -0.1) is 0 Å². The van der Waals surface area contributed by atoms with Gasteiger partial charge in [-0.05, 0) is 13.8 Å². The monoisotopic (exact) mass is 220 g/mol. The van der Waals surface area contributed by atoms with E-state index < -0.39 is 23.8 Å². The van der Waals surface area contributed by atoms with Crippen LogP contribution in [0, 0.1) is 0 Å². The first-order valence-corrected chi connectivity index (χ1v) is 3.28. The molecule has 82 valence electrons. The van der Waals surface area contributed by atoms with Crippen LogP contribution < -0.4 is 0 Å². The van der Waals surface area contributed by atoms with Gasteiger partial charge in [0.1, 0.15) is 11.4 Å². The largest absolute Gasteiger partial charge is 0.431 e. The Morgan fingerprint density at radius 1 is 0.714 bits per heavy atom. The van der Waals surface area contributed by atoms with Gasteiger partial charge in [0.05, 0.1) is 0 Å². The molecule has 0 aliphatic rings. The van der Waals surface area contributed by atoms with Crippen molar-refractivity contribution in [3.63, 3.8) is 0 Å². The lowest BCUT2D eigenvalue weighted by molar-refractivity contribution is -0.0617. The van der Waals surface area contributed by atoms with E-state index in [-0.39, 0.29) is 0 Å². The lowest BCUT2D eigenvalue weighted by Gasteiger charge is -2.04. The second-order valence-corrected chi connectivity index (χ2v) is 2.37. The lowest BCUT2D eigenvalue weighted by Crippen LogP contribution is -2.21. The minimum Gasteiger partial charge on any atom is -0.165 e. The summed E-state index contributed by atoms with van der Waals surface area (Å²) in [6, 6.07) is 0. The Balaban J connectivity index is 4.73. The standard InChI is InChI=1S/C6H6F6N2/c1-3(5(7,8)9)13-14-4(2)6(10,11)12/h1-2H3. The molecule has 0 radical (unpaired) electrons. The SMILES string of the molecule is CC(=NN=C(C)C(F)(F)F)C(F)(F)F. The Hall–Kier alpha value is -1.08. The first-order valence-electron chi connectivity index (χ1n) is 3.28. The van der Waals surface area contributed by atoms with Gasteiger partial charge < -0.3 is 0 Å². The minimum atomic E-state index is -4.75. The highest BCUT2D eigenvalue weighted by molar-refractivity contribution is 5.90. The molecule has 0 bridgehead atoms. The molecular weight excluding hydrogens is 214 g/mol. The zero-order chi connectivity index (χ0) is 11.6. The highest BCUT2D eigenvalue weighted by Gasteiger charge is 2.34. The number of alkyl halides is 6. The van der Waals surface area contributed by atoms with Gasteiger partial charge in [-0.2, -0.15) is 36.5 Å². The Morgan fingerprint density at radius 2 is 0.929 bits per heavy atom. The number of hydrogen-bond donors (Lipinski definition) is 0. The number of halogens is 6. The van der Waals surface area contributed by atoms with Crippen LogP contribution in [0.1, 0.15) is 13.8 Å². The molecule has 0 heterocycles. The molecule has 0 saturated carbocycles. The predicted molar refractivity (Wildman–Crippen MR) is 38.3 cm³/mol. The van der Waals surface area contributed by atoms with E-state index in [9.17, 15) is 26.3 Å². The topological polar surface area (TPSA) is 24.7 Å². The smallest absolute Gasteiger partial charge is 0.165 e. The maximum atomic E-state index is 11.7. The van der Waals surface area contributed by atoms with E-state index in [2.05, 4.69) is 10.2 Å². The van der Waals surface area contributed by atoms with Crippen LogP contribution in [0.4, 0.5) is 26.3 Å². The summed E-state index contributed by atoms with van der Waals surface area (Å²) >= 11 is 0. The van der Waals surface area contributed by atoms with Crippen molar-refractivity contribution in [1.29, 1.82) is 0 Å². The zero-order valence-electron chi connectivity index (χ0n) is 7.16. The fourth-order valence-electron chi connectivity index (χ4n) is 0.263. The molecule has 0 rings (SSSR count). The summed E-state index contributed by atoms with van der Waals surface area (Å²) in [5.41, 5.74) is -2.86. The second-order valence-electron chi connectivity index (χ2n) is 2.37. The van der Waals surface area contributed by atoms with Gasteiger partial charge in [0.15, 0.2) is 0 Å². The molecule has 2 nitrogen and oxygen atoms in total. The number of rotatable bonds is 1. The Kier molecular flexibility index (Phi) is 3.66. The third kappa shape index (κ3) is 4.24. The van der Waals surface area contributed by atoms with Gasteiger partial charge in [0.2, 0.25) is 0 Å². The Morgan fingerprint density at radius 3 is 1.07 bits per heavy atom. The molecule has 0 saturated heterocycles. The van der Waals surface area contributed by atoms with Crippen LogP contribution in [0.3, 0.4) is 0 Å². The van der Waals surface area contributed by atoms with Crippen LogP contribution in [0.25, 0.3) is 0 Å².